The lowest BCUT2D eigenvalue weighted by atomic mass is 10.1. The molecule has 0 unspecified atom stereocenters. The molecule has 0 spiro atoms. The zero-order chi connectivity index (χ0) is 22.1. The zero-order valence-electron chi connectivity index (χ0n) is 16.3. The number of aromatic nitrogens is 2. The summed E-state index contributed by atoms with van der Waals surface area (Å²) in [7, 11) is 0. The molecule has 1 amide bonds. The number of benzene rings is 2. The molecule has 4 aromatic rings. The van der Waals surface area contributed by atoms with Crippen LogP contribution in [-0.2, 0) is 6.42 Å². The van der Waals surface area contributed by atoms with Gasteiger partial charge in [0.05, 0.1) is 31.3 Å². The van der Waals surface area contributed by atoms with Gasteiger partial charge in [-0.15, -0.1) is 11.3 Å². The van der Waals surface area contributed by atoms with Gasteiger partial charge >= 0.3 is 0 Å². The van der Waals surface area contributed by atoms with Crippen molar-refractivity contribution in [2.45, 2.75) is 13.3 Å². The highest BCUT2D eigenvalue weighted by molar-refractivity contribution is 7.19. The number of hydrazine groups is 1. The van der Waals surface area contributed by atoms with Crippen molar-refractivity contribution in [1.29, 1.82) is 0 Å². The Bertz CT molecular complexity index is 1250. The predicted molar refractivity (Wildman–Crippen MR) is 129 cm³/mol. The molecule has 31 heavy (non-hydrogen) atoms. The summed E-state index contributed by atoms with van der Waals surface area (Å²) in [4.78, 5) is 14.2. The first-order valence-corrected chi connectivity index (χ1v) is 11.3. The van der Waals surface area contributed by atoms with Crippen LogP contribution < -0.4 is 10.9 Å². The normalized spacial score (nSPS) is 11.0. The van der Waals surface area contributed by atoms with Crippen LogP contribution in [0.15, 0.2) is 60.7 Å². The van der Waals surface area contributed by atoms with Crippen molar-refractivity contribution < 1.29 is 4.79 Å². The molecule has 0 aliphatic carbocycles. The maximum absolute atomic E-state index is 13.3. The van der Waals surface area contributed by atoms with E-state index in [9.17, 15) is 4.79 Å². The van der Waals surface area contributed by atoms with E-state index in [0.717, 1.165) is 21.1 Å². The molecule has 0 saturated heterocycles. The maximum atomic E-state index is 13.3. The van der Waals surface area contributed by atoms with Crippen LogP contribution in [0.2, 0.25) is 14.4 Å². The van der Waals surface area contributed by atoms with E-state index < -0.39 is 5.91 Å². The van der Waals surface area contributed by atoms with Crippen LogP contribution in [0, 0.1) is 0 Å². The van der Waals surface area contributed by atoms with Crippen LogP contribution in [0.1, 0.15) is 23.0 Å². The Labute approximate surface area is 198 Å². The average Bonchev–Trinajstić information content (AvgIpc) is 3.36. The number of carbonyl (C=O) groups is 1. The molecule has 2 heterocycles. The van der Waals surface area contributed by atoms with E-state index in [4.69, 9.17) is 40.6 Å². The molecule has 9 heteroatoms. The second-order valence-corrected chi connectivity index (χ2v) is 9.21. The van der Waals surface area contributed by atoms with Crippen molar-refractivity contribution in [1.82, 2.24) is 9.78 Å². The summed E-state index contributed by atoms with van der Waals surface area (Å²) < 4.78 is 2.29. The Hall–Kier alpha value is -2.35. The van der Waals surface area contributed by atoms with E-state index in [0.29, 0.717) is 32.2 Å². The molecule has 2 aromatic heterocycles. The Morgan fingerprint density at radius 3 is 2.45 bits per heavy atom. The van der Waals surface area contributed by atoms with Gasteiger partial charge in [-0.3, -0.25) is 4.79 Å². The van der Waals surface area contributed by atoms with Gasteiger partial charge in [0.1, 0.15) is 0 Å². The average molecular weight is 492 g/mol. The number of nitrogens with zero attached hydrogens (tertiary/aromatic N) is 3. The zero-order valence-corrected chi connectivity index (χ0v) is 19.4. The summed E-state index contributed by atoms with van der Waals surface area (Å²) in [5.41, 5.74) is 2.91. The molecule has 0 radical (unpaired) electrons. The van der Waals surface area contributed by atoms with Crippen LogP contribution in [-0.4, -0.2) is 15.7 Å². The van der Waals surface area contributed by atoms with E-state index >= 15 is 0 Å². The minimum Gasteiger partial charge on any atom is -0.265 e. The number of hydrogen-bond donors (Lipinski definition) is 1. The molecule has 2 N–H and O–H groups in total. The summed E-state index contributed by atoms with van der Waals surface area (Å²) >= 11 is 20.2. The van der Waals surface area contributed by atoms with Gasteiger partial charge in [0.2, 0.25) is 0 Å². The Kier molecular flexibility index (Phi) is 6.36. The van der Waals surface area contributed by atoms with Crippen LogP contribution >= 0.6 is 46.1 Å². The monoisotopic (exact) mass is 490 g/mol. The quantitative estimate of drug-likeness (QED) is 0.193. The topological polar surface area (TPSA) is 64.2 Å². The second kappa shape index (κ2) is 9.02. The second-order valence-electron chi connectivity index (χ2n) is 6.65. The standard InChI is InChI=1S/C22H17Cl3N4OS/c1-2-15-20(22(30)28(26)14-6-4-3-5-7-14)27-29(17-9-8-13(23)12-16(17)24)21(15)18-10-11-19(25)31-18/h3-12H,2,26H2,1H3. The number of hydrogen-bond acceptors (Lipinski definition) is 4. The first-order chi connectivity index (χ1) is 14.9. The molecule has 0 bridgehead atoms. The minimum atomic E-state index is -0.421. The van der Waals surface area contributed by atoms with Gasteiger partial charge < -0.3 is 0 Å². The van der Waals surface area contributed by atoms with Gasteiger partial charge in [-0.25, -0.2) is 15.5 Å². The third-order valence-corrected chi connectivity index (χ3v) is 6.51. The fourth-order valence-electron chi connectivity index (χ4n) is 3.30. The fraction of sp³-hybridized carbons (Fsp3) is 0.0909. The lowest BCUT2D eigenvalue weighted by Gasteiger charge is -2.15. The van der Waals surface area contributed by atoms with E-state index in [1.54, 1.807) is 35.0 Å². The lowest BCUT2D eigenvalue weighted by molar-refractivity contribution is 0.0981. The maximum Gasteiger partial charge on any atom is 0.293 e. The summed E-state index contributed by atoms with van der Waals surface area (Å²) in [5.74, 6) is 5.74. The fourth-order valence-corrected chi connectivity index (χ4v) is 4.89. The van der Waals surface area contributed by atoms with Crippen LogP contribution in [0.5, 0.6) is 0 Å². The van der Waals surface area contributed by atoms with Gasteiger partial charge in [0, 0.05) is 10.6 Å². The van der Waals surface area contributed by atoms with Crippen molar-refractivity contribution in [2.75, 3.05) is 5.01 Å². The van der Waals surface area contributed by atoms with Crippen molar-refractivity contribution in [2.24, 2.45) is 5.84 Å². The molecule has 0 aliphatic heterocycles. The Morgan fingerprint density at radius 1 is 1.10 bits per heavy atom. The van der Waals surface area contributed by atoms with Crippen LogP contribution in [0.3, 0.4) is 0 Å². The van der Waals surface area contributed by atoms with E-state index in [2.05, 4.69) is 5.10 Å². The molecular formula is C22H17Cl3N4OS. The summed E-state index contributed by atoms with van der Waals surface area (Å²) in [5, 5.41) is 6.67. The number of amides is 1. The number of carbonyl (C=O) groups excluding carboxylic acids is 1. The number of halogens is 3. The first kappa shape index (κ1) is 21.9. The number of rotatable bonds is 5. The van der Waals surface area contributed by atoms with E-state index in [-0.39, 0.29) is 5.69 Å². The number of para-hydroxylation sites is 1. The van der Waals surface area contributed by atoms with Gasteiger partial charge in [-0.1, -0.05) is 59.9 Å². The lowest BCUT2D eigenvalue weighted by Crippen LogP contribution is -2.38. The molecule has 0 atom stereocenters. The van der Waals surface area contributed by atoms with Gasteiger partial charge in [0.15, 0.2) is 5.69 Å². The number of nitrogens with two attached hydrogens (primary N) is 1. The van der Waals surface area contributed by atoms with Crippen LogP contribution in [0.25, 0.3) is 16.3 Å². The molecule has 5 nitrogen and oxygen atoms in total. The van der Waals surface area contributed by atoms with E-state index in [1.165, 1.54) is 11.3 Å². The van der Waals surface area contributed by atoms with Crippen LogP contribution in [0.4, 0.5) is 5.69 Å². The van der Waals surface area contributed by atoms with Crippen molar-refractivity contribution in [3.05, 3.63) is 86.3 Å². The molecule has 0 fully saturated rings. The Morgan fingerprint density at radius 2 is 1.84 bits per heavy atom. The summed E-state index contributed by atoms with van der Waals surface area (Å²) in [6, 6.07) is 17.8. The van der Waals surface area contributed by atoms with Crippen molar-refractivity contribution in [3.8, 4) is 16.3 Å². The molecule has 4 rings (SSSR count). The van der Waals surface area contributed by atoms with Gasteiger partial charge in [0.25, 0.3) is 5.91 Å². The molecule has 158 valence electrons. The van der Waals surface area contributed by atoms with Gasteiger partial charge in [-0.05, 0) is 48.9 Å². The highest BCUT2D eigenvalue weighted by Crippen LogP contribution is 2.38. The third kappa shape index (κ3) is 4.22. The van der Waals surface area contributed by atoms with Gasteiger partial charge in [-0.2, -0.15) is 5.10 Å². The Balaban J connectivity index is 1.93. The highest BCUT2D eigenvalue weighted by Gasteiger charge is 2.28. The van der Waals surface area contributed by atoms with Crippen molar-refractivity contribution in [3.63, 3.8) is 0 Å². The SMILES string of the molecule is CCc1c(C(=O)N(N)c2ccccc2)nn(-c2ccc(Cl)cc2Cl)c1-c1ccc(Cl)s1. The molecule has 2 aromatic carbocycles. The number of thiophene rings is 1. The largest absolute Gasteiger partial charge is 0.293 e. The summed E-state index contributed by atoms with van der Waals surface area (Å²) in [6.45, 7) is 1.96. The number of anilines is 1. The molecule has 0 saturated carbocycles. The smallest absolute Gasteiger partial charge is 0.265 e. The summed E-state index contributed by atoms with van der Waals surface area (Å²) in [6.07, 6.45) is 0.555. The third-order valence-electron chi connectivity index (χ3n) is 4.74. The van der Waals surface area contributed by atoms with E-state index in [1.807, 2.05) is 37.3 Å². The molecular weight excluding hydrogens is 475 g/mol. The molecule has 0 aliphatic rings. The predicted octanol–water partition coefficient (Wildman–Crippen LogP) is 6.64. The van der Waals surface area contributed by atoms with Crippen molar-refractivity contribution >= 4 is 57.7 Å². The first-order valence-electron chi connectivity index (χ1n) is 9.38. The highest BCUT2D eigenvalue weighted by atomic mass is 35.5. The minimum absolute atomic E-state index is 0.249.